The second kappa shape index (κ2) is 11.1. The van der Waals surface area contributed by atoms with Crippen LogP contribution in [0.25, 0.3) is 10.4 Å². The van der Waals surface area contributed by atoms with Gasteiger partial charge in [-0.1, -0.05) is 29.3 Å². The number of rotatable bonds is 7. The summed E-state index contributed by atoms with van der Waals surface area (Å²) in [7, 11) is 1.86. The van der Waals surface area contributed by atoms with Gasteiger partial charge in [-0.3, -0.25) is 14.3 Å². The number of carbonyl (C=O) groups excluding carboxylic acids is 2. The molecule has 0 radical (unpaired) electrons. The normalized spacial score (nSPS) is 11.6. The summed E-state index contributed by atoms with van der Waals surface area (Å²) in [6.07, 6.45) is 0. The first-order valence-corrected chi connectivity index (χ1v) is 13.5. The Labute approximate surface area is 231 Å². The van der Waals surface area contributed by atoms with Gasteiger partial charge in [-0.25, -0.2) is 5.43 Å². The molecule has 0 saturated heterocycles. The van der Waals surface area contributed by atoms with E-state index in [1.807, 2.05) is 20.9 Å². The van der Waals surface area contributed by atoms with Crippen LogP contribution in [0.5, 0.6) is 5.75 Å². The van der Waals surface area contributed by atoms with Gasteiger partial charge in [0.2, 0.25) is 0 Å². The number of nitrogens with one attached hydrogen (secondary N) is 2. The first-order chi connectivity index (χ1) is 17.6. The molecule has 3 heterocycles. The summed E-state index contributed by atoms with van der Waals surface area (Å²) in [6, 6.07) is 8.28. The number of aromatic nitrogens is 2. The van der Waals surface area contributed by atoms with Gasteiger partial charge in [0.1, 0.15) is 5.75 Å². The highest BCUT2D eigenvalue weighted by Crippen LogP contribution is 2.40. The molecular formula is C25H23Cl2N5O3S2. The highest BCUT2D eigenvalue weighted by molar-refractivity contribution is 7.16. The fourth-order valence-corrected chi connectivity index (χ4v) is 5.72. The van der Waals surface area contributed by atoms with Gasteiger partial charge >= 0.3 is 0 Å². The predicted octanol–water partition coefficient (Wildman–Crippen LogP) is 5.92. The van der Waals surface area contributed by atoms with E-state index in [1.165, 1.54) is 11.3 Å². The summed E-state index contributed by atoms with van der Waals surface area (Å²) in [5.41, 5.74) is 6.93. The van der Waals surface area contributed by atoms with Gasteiger partial charge in [-0.2, -0.15) is 10.2 Å². The maximum Gasteiger partial charge on any atom is 0.281 e. The molecule has 0 unspecified atom stereocenters. The van der Waals surface area contributed by atoms with Crippen LogP contribution in [0.15, 0.2) is 40.8 Å². The Balaban J connectivity index is 1.40. The monoisotopic (exact) mass is 575 g/mol. The van der Waals surface area contributed by atoms with Crippen LogP contribution in [0, 0.1) is 13.8 Å². The number of benzene rings is 1. The zero-order valence-corrected chi connectivity index (χ0v) is 23.5. The van der Waals surface area contributed by atoms with Gasteiger partial charge in [0.15, 0.2) is 0 Å². The lowest BCUT2D eigenvalue weighted by Gasteiger charge is -2.04. The molecular weight excluding hydrogens is 553 g/mol. The lowest BCUT2D eigenvalue weighted by molar-refractivity contribution is 0.0950. The molecule has 0 bridgehead atoms. The predicted molar refractivity (Wildman–Crippen MR) is 149 cm³/mol. The number of nitrogens with zero attached hydrogens (tertiary/aromatic N) is 3. The first-order valence-electron chi connectivity index (χ1n) is 11.0. The van der Waals surface area contributed by atoms with Crippen LogP contribution in [0.2, 0.25) is 10.0 Å². The Morgan fingerprint density at radius 3 is 2.46 bits per heavy atom. The summed E-state index contributed by atoms with van der Waals surface area (Å²) >= 11 is 14.5. The third kappa shape index (κ3) is 5.72. The molecule has 3 aromatic heterocycles. The smallest absolute Gasteiger partial charge is 0.281 e. The Kier molecular flexibility index (Phi) is 8.03. The minimum atomic E-state index is -0.457. The minimum Gasteiger partial charge on any atom is -0.506 e. The van der Waals surface area contributed by atoms with Crippen LogP contribution < -0.4 is 10.7 Å². The van der Waals surface area contributed by atoms with Gasteiger partial charge in [-0.15, -0.1) is 22.7 Å². The van der Waals surface area contributed by atoms with E-state index in [9.17, 15) is 14.7 Å². The molecule has 0 aliphatic rings. The van der Waals surface area contributed by atoms with Crippen LogP contribution in [0.3, 0.4) is 0 Å². The molecule has 0 aliphatic carbocycles. The highest BCUT2D eigenvalue weighted by atomic mass is 35.5. The summed E-state index contributed by atoms with van der Waals surface area (Å²) < 4.78 is 1.77. The van der Waals surface area contributed by atoms with Gasteiger partial charge < -0.3 is 10.4 Å². The Morgan fingerprint density at radius 2 is 1.81 bits per heavy atom. The lowest BCUT2D eigenvalue weighted by atomic mass is 10.1. The van der Waals surface area contributed by atoms with Crippen molar-refractivity contribution in [1.82, 2.24) is 20.5 Å². The van der Waals surface area contributed by atoms with Crippen molar-refractivity contribution >= 4 is 63.4 Å². The maximum absolute atomic E-state index is 12.6. The standard InChI is InChI=1S/C25H23Cl2N5O3S2/c1-12(17-11-36-23(22(17)33)15-5-6-18(26)19(27)9-15)29-30-25(35)21-8-7-20(37-21)24(34)28-10-16-13(2)31-32(4)14(16)3/h5-9,11,33H,10H2,1-4H3,(H,28,34)(H,30,35). The summed E-state index contributed by atoms with van der Waals surface area (Å²) in [5, 5.41) is 24.6. The molecule has 0 spiro atoms. The van der Waals surface area contributed by atoms with E-state index >= 15 is 0 Å². The number of thiophene rings is 2. The minimum absolute atomic E-state index is 0.0352. The number of halogens is 2. The molecule has 192 valence electrons. The van der Waals surface area contributed by atoms with Crippen molar-refractivity contribution in [2.24, 2.45) is 12.1 Å². The molecule has 0 saturated carbocycles. The fraction of sp³-hybridized carbons (Fsp3) is 0.200. The van der Waals surface area contributed by atoms with E-state index in [-0.39, 0.29) is 11.7 Å². The van der Waals surface area contributed by atoms with Gasteiger partial charge in [0, 0.05) is 30.2 Å². The Morgan fingerprint density at radius 1 is 1.11 bits per heavy atom. The summed E-state index contributed by atoms with van der Waals surface area (Å²) in [4.78, 5) is 26.6. The van der Waals surface area contributed by atoms with Gasteiger partial charge in [-0.05, 0) is 50.6 Å². The molecule has 3 N–H and O–H groups in total. The number of hydrazone groups is 1. The second-order valence-corrected chi connectivity index (χ2v) is 11.0. The molecule has 1 aromatic carbocycles. The number of carbonyl (C=O) groups is 2. The van der Waals surface area contributed by atoms with Crippen molar-refractivity contribution in [2.45, 2.75) is 27.3 Å². The molecule has 4 aromatic rings. The SMILES string of the molecule is CC(=NNC(=O)c1ccc(C(=O)NCc2c(C)nn(C)c2C)s1)c1csc(-c2ccc(Cl)c(Cl)c2)c1O. The lowest BCUT2D eigenvalue weighted by Crippen LogP contribution is -2.22. The van der Waals surface area contributed by atoms with Gasteiger partial charge in [0.05, 0.1) is 41.6 Å². The summed E-state index contributed by atoms with van der Waals surface area (Å²) in [5.74, 6) is -0.695. The van der Waals surface area contributed by atoms with Crippen molar-refractivity contribution in [3.05, 3.63) is 78.0 Å². The zero-order valence-electron chi connectivity index (χ0n) is 20.3. The molecule has 0 aliphatic heterocycles. The van der Waals surface area contributed by atoms with E-state index in [4.69, 9.17) is 23.2 Å². The van der Waals surface area contributed by atoms with E-state index in [0.717, 1.165) is 33.9 Å². The number of hydrogen-bond acceptors (Lipinski definition) is 7. The van der Waals surface area contributed by atoms with Crippen LogP contribution in [0.4, 0.5) is 0 Å². The quantitative estimate of drug-likeness (QED) is 0.187. The molecule has 12 heteroatoms. The van der Waals surface area contributed by atoms with Gasteiger partial charge in [0.25, 0.3) is 11.8 Å². The van der Waals surface area contributed by atoms with E-state index in [0.29, 0.717) is 42.5 Å². The molecule has 4 rings (SSSR count). The summed E-state index contributed by atoms with van der Waals surface area (Å²) in [6.45, 7) is 5.87. The Hall–Kier alpha value is -3.18. The van der Waals surface area contributed by atoms with Crippen molar-refractivity contribution in [1.29, 1.82) is 0 Å². The molecule has 2 amide bonds. The van der Waals surface area contributed by atoms with Crippen LogP contribution in [-0.2, 0) is 13.6 Å². The van der Waals surface area contributed by atoms with Crippen LogP contribution >= 0.6 is 45.9 Å². The Bertz CT molecular complexity index is 1540. The van der Waals surface area contributed by atoms with E-state index < -0.39 is 5.91 Å². The topological polar surface area (TPSA) is 109 Å². The molecule has 37 heavy (non-hydrogen) atoms. The van der Waals surface area contributed by atoms with Crippen LogP contribution in [-0.4, -0.2) is 32.4 Å². The third-order valence-corrected chi connectivity index (χ3v) is 8.64. The van der Waals surface area contributed by atoms with Crippen molar-refractivity contribution in [2.75, 3.05) is 0 Å². The average molecular weight is 577 g/mol. The molecule has 0 fully saturated rings. The zero-order chi connectivity index (χ0) is 26.9. The maximum atomic E-state index is 12.6. The number of hydrogen-bond donors (Lipinski definition) is 3. The molecule has 0 atom stereocenters. The third-order valence-electron chi connectivity index (χ3n) is 5.80. The van der Waals surface area contributed by atoms with Crippen LogP contribution in [0.1, 0.15) is 48.8 Å². The highest BCUT2D eigenvalue weighted by Gasteiger charge is 2.18. The van der Waals surface area contributed by atoms with Crippen molar-refractivity contribution < 1.29 is 14.7 Å². The average Bonchev–Trinajstić information content (AvgIpc) is 3.56. The largest absolute Gasteiger partial charge is 0.506 e. The van der Waals surface area contributed by atoms with Crippen molar-refractivity contribution in [3.63, 3.8) is 0 Å². The fourth-order valence-electron chi connectivity index (χ4n) is 3.61. The molecule has 8 nitrogen and oxygen atoms in total. The van der Waals surface area contributed by atoms with Crippen molar-refractivity contribution in [3.8, 4) is 16.2 Å². The number of amides is 2. The second-order valence-electron chi connectivity index (χ2n) is 8.21. The van der Waals surface area contributed by atoms with E-state index in [2.05, 4.69) is 20.9 Å². The number of aromatic hydroxyl groups is 1. The number of aryl methyl sites for hydroxylation is 2. The van der Waals surface area contributed by atoms with E-state index in [1.54, 1.807) is 47.3 Å². The first kappa shape index (κ1) is 26.9.